The number of nitrogens with one attached hydrogen (secondary N) is 2. The number of nitrogens with zero attached hydrogens (tertiary/aromatic N) is 1. The molecular weight excluding hydrogens is 494 g/mol. The number of ether oxygens (including phenoxy) is 1. The number of carbonyl (C=O) groups is 3. The largest absolute Gasteiger partial charge is 0.468 e. The number of methoxy groups -OCH3 is 1. The van der Waals surface area contributed by atoms with Gasteiger partial charge in [-0.05, 0) is 46.1 Å². The predicted molar refractivity (Wildman–Crippen MR) is 125 cm³/mol. The number of esters is 1. The normalized spacial score (nSPS) is 17.9. The summed E-state index contributed by atoms with van der Waals surface area (Å²) < 4.78 is 5.57. The van der Waals surface area contributed by atoms with Crippen molar-refractivity contribution in [3.8, 4) is 6.07 Å². The number of aryl methyl sites for hydroxylation is 1. The molecule has 0 aromatic heterocycles. The Labute approximate surface area is 198 Å². The molecule has 9 heteroatoms. The van der Waals surface area contributed by atoms with Gasteiger partial charge in [-0.3, -0.25) is 14.4 Å². The number of thioether (sulfide) groups is 1. The summed E-state index contributed by atoms with van der Waals surface area (Å²) in [5.41, 5.74) is 2.52. The van der Waals surface area contributed by atoms with Gasteiger partial charge in [0.2, 0.25) is 11.8 Å². The van der Waals surface area contributed by atoms with Crippen molar-refractivity contribution in [1.29, 1.82) is 5.26 Å². The Hall–Kier alpha value is -3.09. The number of amides is 2. The first-order valence-corrected chi connectivity index (χ1v) is 11.4. The third-order valence-electron chi connectivity index (χ3n) is 4.89. The zero-order chi connectivity index (χ0) is 23.3. The molecule has 0 radical (unpaired) electrons. The number of benzene rings is 2. The van der Waals surface area contributed by atoms with E-state index in [2.05, 4.69) is 32.6 Å². The van der Waals surface area contributed by atoms with Gasteiger partial charge in [0.1, 0.15) is 5.92 Å². The van der Waals surface area contributed by atoms with E-state index in [0.717, 1.165) is 21.8 Å². The van der Waals surface area contributed by atoms with Crippen molar-refractivity contribution in [3.05, 3.63) is 74.7 Å². The molecule has 1 heterocycles. The number of carbonyl (C=O) groups excluding carboxylic acids is 3. The molecule has 7 nitrogen and oxygen atoms in total. The van der Waals surface area contributed by atoms with Crippen LogP contribution >= 0.6 is 27.7 Å². The second-order valence-corrected chi connectivity index (χ2v) is 8.89. The average Bonchev–Trinajstić information content (AvgIpc) is 2.79. The van der Waals surface area contributed by atoms with Crippen molar-refractivity contribution in [2.24, 2.45) is 5.92 Å². The van der Waals surface area contributed by atoms with Crippen LogP contribution in [0.3, 0.4) is 0 Å². The van der Waals surface area contributed by atoms with Crippen molar-refractivity contribution < 1.29 is 19.1 Å². The first-order valence-electron chi connectivity index (χ1n) is 9.62. The summed E-state index contributed by atoms with van der Waals surface area (Å²) in [6.07, 6.45) is 0. The minimum Gasteiger partial charge on any atom is -0.468 e. The fraction of sp³-hybridized carbons (Fsp3) is 0.217. The van der Waals surface area contributed by atoms with Crippen LogP contribution in [0, 0.1) is 24.2 Å². The van der Waals surface area contributed by atoms with Crippen LogP contribution in [0.15, 0.2) is 63.6 Å². The van der Waals surface area contributed by atoms with E-state index < -0.39 is 23.7 Å². The van der Waals surface area contributed by atoms with Gasteiger partial charge in [-0.1, -0.05) is 48.2 Å². The van der Waals surface area contributed by atoms with Gasteiger partial charge in [0.05, 0.1) is 35.2 Å². The summed E-state index contributed by atoms with van der Waals surface area (Å²) in [4.78, 5) is 37.6. The van der Waals surface area contributed by atoms with E-state index in [4.69, 9.17) is 4.74 Å². The minimum atomic E-state index is -1.20. The molecule has 0 saturated carbocycles. The molecule has 0 unspecified atom stereocenters. The minimum absolute atomic E-state index is 0.0362. The smallest absolute Gasteiger partial charge is 0.319 e. The highest BCUT2D eigenvalue weighted by atomic mass is 79.9. The lowest BCUT2D eigenvalue weighted by atomic mass is 9.78. The second kappa shape index (κ2) is 10.5. The molecule has 0 fully saturated rings. The van der Waals surface area contributed by atoms with E-state index in [1.807, 2.05) is 19.1 Å². The zero-order valence-electron chi connectivity index (χ0n) is 17.3. The van der Waals surface area contributed by atoms with E-state index in [1.54, 1.807) is 36.4 Å². The molecule has 1 aliphatic rings. The van der Waals surface area contributed by atoms with E-state index in [9.17, 15) is 19.6 Å². The van der Waals surface area contributed by atoms with Crippen molar-refractivity contribution in [3.63, 3.8) is 0 Å². The Morgan fingerprint density at radius 2 is 1.97 bits per heavy atom. The van der Waals surface area contributed by atoms with Gasteiger partial charge in [-0.15, -0.1) is 0 Å². The first-order chi connectivity index (χ1) is 15.3. The van der Waals surface area contributed by atoms with Crippen LogP contribution in [-0.2, 0) is 19.1 Å². The molecule has 1 aliphatic heterocycles. The predicted octanol–water partition coefficient (Wildman–Crippen LogP) is 3.87. The molecule has 0 bridgehead atoms. The fourth-order valence-electron chi connectivity index (χ4n) is 3.39. The van der Waals surface area contributed by atoms with E-state index in [-0.39, 0.29) is 22.3 Å². The number of allylic oxidation sites excluding steroid dienone is 1. The highest BCUT2D eigenvalue weighted by molar-refractivity contribution is 9.10. The SMILES string of the molecule is COC(=O)[C@H]1C(=O)NC(SCC(=O)Nc2ccc(C)cc2Br)=C(C#N)[C@@H]1c1ccccc1. The lowest BCUT2D eigenvalue weighted by molar-refractivity contribution is -0.150. The van der Waals surface area contributed by atoms with Crippen LogP contribution in [0.2, 0.25) is 0 Å². The lowest BCUT2D eigenvalue weighted by Crippen LogP contribution is -2.44. The molecule has 2 aromatic carbocycles. The van der Waals surface area contributed by atoms with Gasteiger partial charge in [-0.2, -0.15) is 5.26 Å². The van der Waals surface area contributed by atoms with Gasteiger partial charge in [-0.25, -0.2) is 0 Å². The third kappa shape index (κ3) is 5.21. The molecular formula is C23H20BrN3O4S. The maximum atomic E-state index is 12.8. The maximum Gasteiger partial charge on any atom is 0.319 e. The zero-order valence-corrected chi connectivity index (χ0v) is 19.7. The number of hydrogen-bond acceptors (Lipinski definition) is 6. The average molecular weight is 514 g/mol. The van der Waals surface area contributed by atoms with Crippen LogP contribution in [0.5, 0.6) is 0 Å². The summed E-state index contributed by atoms with van der Waals surface area (Å²) in [5.74, 6) is -3.64. The molecule has 0 saturated heterocycles. The Kier molecular flexibility index (Phi) is 7.72. The van der Waals surface area contributed by atoms with Crippen LogP contribution < -0.4 is 10.6 Å². The first kappa shape index (κ1) is 23.6. The fourth-order valence-corrected chi connectivity index (χ4v) is 4.83. The molecule has 164 valence electrons. The topological polar surface area (TPSA) is 108 Å². The van der Waals surface area contributed by atoms with Crippen LogP contribution in [-0.4, -0.2) is 30.6 Å². The highest BCUT2D eigenvalue weighted by Crippen LogP contribution is 2.40. The molecule has 2 N–H and O–H groups in total. The third-order valence-corrected chi connectivity index (χ3v) is 6.56. The van der Waals surface area contributed by atoms with Crippen molar-refractivity contribution in [2.75, 3.05) is 18.2 Å². The molecule has 2 aromatic rings. The van der Waals surface area contributed by atoms with Crippen LogP contribution in [0.25, 0.3) is 0 Å². The number of anilines is 1. The Bertz CT molecular complexity index is 1130. The summed E-state index contributed by atoms with van der Waals surface area (Å²) in [6.45, 7) is 1.94. The monoisotopic (exact) mass is 513 g/mol. The number of halogens is 1. The highest BCUT2D eigenvalue weighted by Gasteiger charge is 2.44. The number of hydrogen-bond donors (Lipinski definition) is 2. The van der Waals surface area contributed by atoms with Gasteiger partial charge in [0.25, 0.3) is 0 Å². The molecule has 3 rings (SSSR count). The Morgan fingerprint density at radius 1 is 1.25 bits per heavy atom. The van der Waals surface area contributed by atoms with Crippen LogP contribution in [0.4, 0.5) is 5.69 Å². The quantitative estimate of drug-likeness (QED) is 0.448. The summed E-state index contributed by atoms with van der Waals surface area (Å²) in [7, 11) is 1.20. The van der Waals surface area contributed by atoms with Gasteiger partial charge in [0, 0.05) is 10.4 Å². The van der Waals surface area contributed by atoms with Crippen molar-refractivity contribution in [1.82, 2.24) is 5.32 Å². The molecule has 0 spiro atoms. The Morgan fingerprint density at radius 3 is 2.59 bits per heavy atom. The van der Waals surface area contributed by atoms with Crippen molar-refractivity contribution >= 4 is 51.2 Å². The molecule has 2 atom stereocenters. The number of rotatable bonds is 6. The number of nitriles is 1. The van der Waals surface area contributed by atoms with E-state index in [1.165, 1.54) is 7.11 Å². The molecule has 0 aliphatic carbocycles. The van der Waals surface area contributed by atoms with Gasteiger partial charge >= 0.3 is 5.97 Å². The second-order valence-electron chi connectivity index (χ2n) is 7.05. The summed E-state index contributed by atoms with van der Waals surface area (Å²) in [6, 6.07) is 16.5. The van der Waals surface area contributed by atoms with Crippen LogP contribution in [0.1, 0.15) is 17.0 Å². The standard InChI is InChI=1S/C23H20BrN3O4S/c1-13-8-9-17(16(24)10-13)26-18(28)12-32-22-15(11-25)19(14-6-4-3-5-7-14)20(21(29)27-22)23(30)31-2/h3-10,19-20H,12H2,1-2H3,(H,26,28)(H,27,29)/t19-,20+/m0/s1. The van der Waals surface area contributed by atoms with E-state index >= 15 is 0 Å². The Balaban J connectivity index is 1.86. The molecule has 32 heavy (non-hydrogen) atoms. The molecule has 2 amide bonds. The van der Waals surface area contributed by atoms with Gasteiger partial charge in [0.15, 0.2) is 0 Å². The van der Waals surface area contributed by atoms with E-state index in [0.29, 0.717) is 11.3 Å². The van der Waals surface area contributed by atoms with Crippen molar-refractivity contribution in [2.45, 2.75) is 12.8 Å². The maximum absolute atomic E-state index is 12.8. The summed E-state index contributed by atoms with van der Waals surface area (Å²) >= 11 is 4.45. The lowest BCUT2D eigenvalue weighted by Gasteiger charge is -2.30. The summed E-state index contributed by atoms with van der Waals surface area (Å²) in [5, 5.41) is 15.6. The van der Waals surface area contributed by atoms with Gasteiger partial charge < -0.3 is 15.4 Å².